The van der Waals surface area contributed by atoms with Gasteiger partial charge in [0.1, 0.15) is 5.69 Å². The fourth-order valence-electron chi connectivity index (χ4n) is 3.01. The minimum absolute atomic E-state index is 0.00971. The number of nitrogens with zero attached hydrogens (tertiary/aromatic N) is 1. The van der Waals surface area contributed by atoms with Crippen LogP contribution in [0.3, 0.4) is 0 Å². The van der Waals surface area contributed by atoms with E-state index in [1.807, 2.05) is 35.1 Å². The summed E-state index contributed by atoms with van der Waals surface area (Å²) in [6.07, 6.45) is 1.73. The molecule has 0 unspecified atom stereocenters. The van der Waals surface area contributed by atoms with E-state index in [0.29, 0.717) is 13.0 Å². The van der Waals surface area contributed by atoms with E-state index in [9.17, 15) is 22.8 Å². The molecule has 1 heterocycles. The van der Waals surface area contributed by atoms with Crippen LogP contribution in [0.5, 0.6) is 0 Å². The summed E-state index contributed by atoms with van der Waals surface area (Å²) in [6, 6.07) is 17.4. The van der Waals surface area contributed by atoms with Crippen LogP contribution in [0, 0.1) is 0 Å². The van der Waals surface area contributed by atoms with Crippen LogP contribution in [0.15, 0.2) is 77.8 Å². The van der Waals surface area contributed by atoms with Crippen molar-refractivity contribution in [2.45, 2.75) is 11.3 Å². The average molecular weight is 497 g/mol. The van der Waals surface area contributed by atoms with E-state index < -0.39 is 21.8 Å². The van der Waals surface area contributed by atoms with Crippen molar-refractivity contribution < 1.29 is 27.9 Å². The first-order chi connectivity index (χ1) is 16.8. The van der Waals surface area contributed by atoms with Gasteiger partial charge in [0.15, 0.2) is 0 Å². The number of hydrogen-bond acceptors (Lipinski definition) is 7. The molecule has 3 rings (SSSR count). The van der Waals surface area contributed by atoms with Gasteiger partial charge in [-0.1, -0.05) is 30.3 Å². The molecule has 0 aliphatic rings. The third-order valence-corrected chi connectivity index (χ3v) is 6.20. The third-order valence-electron chi connectivity index (χ3n) is 4.85. The lowest BCUT2D eigenvalue weighted by molar-refractivity contribution is 0.0934. The molecule has 3 aromatic rings. The molecule has 0 aliphatic carbocycles. The fraction of sp³-hybridized carbons (Fsp3) is 0.167. The number of carbonyl (C=O) groups excluding carboxylic acids is 3. The predicted octanol–water partition coefficient (Wildman–Crippen LogP) is 0.895. The summed E-state index contributed by atoms with van der Waals surface area (Å²) in [4.78, 5) is 40.1. The number of pyridine rings is 1. The smallest absolute Gasteiger partial charge is 0.269 e. The Hall–Kier alpha value is -4.09. The summed E-state index contributed by atoms with van der Waals surface area (Å²) in [5, 5.41) is 13.9. The molecule has 0 saturated carbocycles. The molecule has 0 saturated heterocycles. The Bertz CT molecular complexity index is 1280. The normalized spacial score (nSPS) is 10.9. The van der Waals surface area contributed by atoms with Crippen LogP contribution in [0.25, 0.3) is 0 Å². The number of benzene rings is 2. The molecule has 0 aliphatic heterocycles. The second-order valence-corrected chi connectivity index (χ2v) is 9.04. The van der Waals surface area contributed by atoms with Crippen molar-refractivity contribution in [2.24, 2.45) is 0 Å². The van der Waals surface area contributed by atoms with Gasteiger partial charge in [-0.25, -0.2) is 13.1 Å². The maximum absolute atomic E-state index is 12.6. The number of rotatable bonds is 10. The van der Waals surface area contributed by atoms with Crippen molar-refractivity contribution in [1.29, 1.82) is 0 Å². The Kier molecular flexibility index (Phi) is 8.65. The van der Waals surface area contributed by atoms with E-state index in [2.05, 4.69) is 15.6 Å². The monoisotopic (exact) mass is 496 g/mol. The summed E-state index contributed by atoms with van der Waals surface area (Å²) in [6.45, 7) is 0.244. The van der Waals surface area contributed by atoms with E-state index in [1.54, 1.807) is 0 Å². The quantitative estimate of drug-likeness (QED) is 0.325. The number of aliphatic hydroxyl groups excluding tert-OH is 1. The van der Waals surface area contributed by atoms with E-state index >= 15 is 0 Å². The zero-order valence-electron chi connectivity index (χ0n) is 18.6. The number of aromatic nitrogens is 1. The lowest BCUT2D eigenvalue weighted by Crippen LogP contribution is -2.31. The molecule has 0 fully saturated rings. The van der Waals surface area contributed by atoms with Gasteiger partial charge in [0.25, 0.3) is 27.7 Å². The molecular weight excluding hydrogens is 472 g/mol. The Balaban J connectivity index is 1.57. The van der Waals surface area contributed by atoms with E-state index in [0.717, 1.165) is 11.8 Å². The number of amides is 3. The van der Waals surface area contributed by atoms with Crippen molar-refractivity contribution >= 4 is 27.7 Å². The van der Waals surface area contributed by atoms with Crippen LogP contribution in [0.1, 0.15) is 36.8 Å². The molecule has 4 N–H and O–H groups in total. The SMILES string of the molecule is O=C(NCCc1ccccc1)c1ccc(S(=O)(=O)NC(=O)c2ccc(C(=O)NCCO)nc2)cc1. The van der Waals surface area contributed by atoms with Crippen molar-refractivity contribution in [3.05, 3.63) is 95.3 Å². The second kappa shape index (κ2) is 11.9. The van der Waals surface area contributed by atoms with Crippen LogP contribution in [-0.2, 0) is 16.4 Å². The minimum Gasteiger partial charge on any atom is -0.395 e. The van der Waals surface area contributed by atoms with Gasteiger partial charge in [-0.15, -0.1) is 0 Å². The Morgan fingerprint density at radius 3 is 2.06 bits per heavy atom. The highest BCUT2D eigenvalue weighted by molar-refractivity contribution is 7.90. The highest BCUT2D eigenvalue weighted by Crippen LogP contribution is 2.12. The Morgan fingerprint density at radius 2 is 1.43 bits per heavy atom. The first-order valence-corrected chi connectivity index (χ1v) is 12.1. The summed E-state index contributed by atoms with van der Waals surface area (Å²) in [5.74, 6) is -1.81. The molecule has 10 nitrogen and oxygen atoms in total. The topological polar surface area (TPSA) is 155 Å². The minimum atomic E-state index is -4.21. The molecule has 3 amide bonds. The zero-order chi connectivity index (χ0) is 25.3. The number of hydrogen-bond donors (Lipinski definition) is 4. The second-order valence-electron chi connectivity index (χ2n) is 7.36. The standard InChI is InChI=1S/C24H24N4O6S/c29-15-14-26-24(32)21-11-8-19(16-27-21)23(31)28-35(33,34)20-9-6-18(7-10-20)22(30)25-13-12-17-4-2-1-3-5-17/h1-11,16,29H,12-15H2,(H,25,30)(H,26,32)(H,28,31). The molecule has 2 aromatic carbocycles. The van der Waals surface area contributed by atoms with Crippen LogP contribution in [0.2, 0.25) is 0 Å². The van der Waals surface area contributed by atoms with Gasteiger partial charge in [-0.05, 0) is 48.4 Å². The number of carbonyl (C=O) groups is 3. The molecule has 182 valence electrons. The molecular formula is C24H24N4O6S. The lowest BCUT2D eigenvalue weighted by Gasteiger charge is -2.09. The maximum atomic E-state index is 12.6. The number of sulfonamides is 1. The summed E-state index contributed by atoms with van der Waals surface area (Å²) in [5.41, 5.74) is 1.31. The lowest BCUT2D eigenvalue weighted by atomic mass is 10.1. The molecule has 0 spiro atoms. The Morgan fingerprint density at radius 1 is 0.771 bits per heavy atom. The van der Waals surface area contributed by atoms with Crippen molar-refractivity contribution in [3.8, 4) is 0 Å². The Labute approximate surface area is 202 Å². The zero-order valence-corrected chi connectivity index (χ0v) is 19.4. The van der Waals surface area contributed by atoms with Crippen LogP contribution in [0.4, 0.5) is 0 Å². The van der Waals surface area contributed by atoms with E-state index in [1.165, 1.54) is 36.4 Å². The number of nitrogens with one attached hydrogen (secondary N) is 3. The predicted molar refractivity (Wildman–Crippen MR) is 127 cm³/mol. The highest BCUT2D eigenvalue weighted by atomic mass is 32.2. The molecule has 35 heavy (non-hydrogen) atoms. The van der Waals surface area contributed by atoms with Gasteiger partial charge in [0.2, 0.25) is 0 Å². The van der Waals surface area contributed by atoms with Gasteiger partial charge in [0, 0.05) is 24.8 Å². The molecule has 0 atom stereocenters. The van der Waals surface area contributed by atoms with E-state index in [4.69, 9.17) is 5.11 Å². The van der Waals surface area contributed by atoms with Gasteiger partial charge in [0.05, 0.1) is 17.1 Å². The molecule has 1 aromatic heterocycles. The van der Waals surface area contributed by atoms with Crippen LogP contribution < -0.4 is 15.4 Å². The maximum Gasteiger partial charge on any atom is 0.269 e. The van der Waals surface area contributed by atoms with Gasteiger partial charge >= 0.3 is 0 Å². The van der Waals surface area contributed by atoms with Crippen molar-refractivity contribution in [1.82, 2.24) is 20.3 Å². The first kappa shape index (κ1) is 25.5. The largest absolute Gasteiger partial charge is 0.395 e. The van der Waals surface area contributed by atoms with Gasteiger partial charge < -0.3 is 15.7 Å². The summed E-state index contributed by atoms with van der Waals surface area (Å²) in [7, 11) is -4.21. The van der Waals surface area contributed by atoms with Crippen molar-refractivity contribution in [3.63, 3.8) is 0 Å². The highest BCUT2D eigenvalue weighted by Gasteiger charge is 2.20. The van der Waals surface area contributed by atoms with Gasteiger partial charge in [-0.2, -0.15) is 0 Å². The summed E-state index contributed by atoms with van der Waals surface area (Å²) < 4.78 is 27.1. The van der Waals surface area contributed by atoms with Gasteiger partial charge in [-0.3, -0.25) is 19.4 Å². The molecule has 0 radical (unpaired) electrons. The number of aliphatic hydroxyl groups is 1. The molecule has 11 heteroatoms. The summed E-state index contributed by atoms with van der Waals surface area (Å²) >= 11 is 0. The fourth-order valence-corrected chi connectivity index (χ4v) is 3.99. The van der Waals surface area contributed by atoms with E-state index in [-0.39, 0.29) is 40.8 Å². The first-order valence-electron chi connectivity index (χ1n) is 10.6. The van der Waals surface area contributed by atoms with Crippen LogP contribution >= 0.6 is 0 Å². The van der Waals surface area contributed by atoms with Crippen molar-refractivity contribution in [2.75, 3.05) is 19.7 Å². The van der Waals surface area contributed by atoms with Crippen LogP contribution in [-0.4, -0.2) is 55.9 Å². The molecule has 0 bridgehead atoms. The average Bonchev–Trinajstić information content (AvgIpc) is 2.87. The third kappa shape index (κ3) is 7.19.